The number of ether oxygens (including phenoxy) is 1. The van der Waals surface area contributed by atoms with Gasteiger partial charge in [0, 0.05) is 17.1 Å². The Morgan fingerprint density at radius 1 is 0.750 bits per heavy atom. The van der Waals surface area contributed by atoms with Gasteiger partial charge in [0.25, 0.3) is 0 Å². The molecule has 0 aromatic heterocycles. The van der Waals surface area contributed by atoms with Crippen LogP contribution >= 0.6 is 0 Å². The third kappa shape index (κ3) is 5.04. The van der Waals surface area contributed by atoms with E-state index in [-0.39, 0.29) is 16.7 Å². The summed E-state index contributed by atoms with van der Waals surface area (Å²) in [6.07, 6.45) is 5.46. The van der Waals surface area contributed by atoms with Crippen LogP contribution in [-0.2, 0) is 4.74 Å². The Morgan fingerprint density at radius 2 is 1.20 bits per heavy atom. The van der Waals surface area contributed by atoms with Gasteiger partial charge < -0.3 is 4.74 Å². The van der Waals surface area contributed by atoms with Crippen LogP contribution in [0.2, 0.25) is 0 Å². The van der Waals surface area contributed by atoms with Crippen LogP contribution in [0.4, 0.5) is 0 Å². The minimum absolute atomic E-state index is 0.0539. The Hall–Kier alpha value is -0.0800. The molecule has 120 valence electrons. The second-order valence-electron chi connectivity index (χ2n) is 9.33. The summed E-state index contributed by atoms with van der Waals surface area (Å²) >= 11 is 0. The Bertz CT molecular complexity index is 289. The summed E-state index contributed by atoms with van der Waals surface area (Å²) in [6.45, 7) is 20.5. The first-order valence-electron chi connectivity index (χ1n) is 8.30. The molecule has 1 fully saturated rings. The maximum atomic E-state index is 6.42. The Balaban J connectivity index is 3.02. The third-order valence-corrected chi connectivity index (χ3v) is 3.95. The van der Waals surface area contributed by atoms with Crippen molar-refractivity contribution in [2.45, 2.75) is 117 Å². The summed E-state index contributed by atoms with van der Waals surface area (Å²) in [5, 5.41) is 0. The second kappa shape index (κ2) is 5.96. The van der Waals surface area contributed by atoms with Crippen LogP contribution in [0.15, 0.2) is 0 Å². The second-order valence-corrected chi connectivity index (χ2v) is 9.33. The van der Waals surface area contributed by atoms with E-state index in [4.69, 9.17) is 4.74 Å². The quantitative estimate of drug-likeness (QED) is 0.706. The Kier molecular flexibility index (Phi) is 5.36. The fourth-order valence-electron chi connectivity index (χ4n) is 3.97. The molecule has 0 saturated heterocycles. The van der Waals surface area contributed by atoms with Gasteiger partial charge in [-0.25, -0.2) is 0 Å². The normalized spacial score (nSPS) is 26.1. The Morgan fingerprint density at radius 3 is 1.60 bits per heavy atom. The molecule has 1 saturated carbocycles. The molecule has 2 heteroatoms. The molecule has 20 heavy (non-hydrogen) atoms. The van der Waals surface area contributed by atoms with Crippen molar-refractivity contribution in [1.82, 2.24) is 4.90 Å². The SMILES string of the molecule is CC(C)(C)OC1CCCC[C@H]1N(C(C)(C)C)C(C)(C)C. The van der Waals surface area contributed by atoms with Gasteiger partial charge in [0.1, 0.15) is 0 Å². The molecule has 0 N–H and O–H groups in total. The zero-order valence-electron chi connectivity index (χ0n) is 15.3. The average Bonchev–Trinajstić information content (AvgIpc) is 2.14. The fraction of sp³-hybridized carbons (Fsp3) is 1.00. The molecule has 2 atom stereocenters. The van der Waals surface area contributed by atoms with Gasteiger partial charge in [-0.2, -0.15) is 0 Å². The van der Waals surface area contributed by atoms with E-state index in [2.05, 4.69) is 67.2 Å². The van der Waals surface area contributed by atoms with Gasteiger partial charge in [0.2, 0.25) is 0 Å². The van der Waals surface area contributed by atoms with Crippen LogP contribution in [0.1, 0.15) is 88.0 Å². The molecule has 0 bridgehead atoms. The van der Waals surface area contributed by atoms with Crippen LogP contribution in [0.25, 0.3) is 0 Å². The number of hydrogen-bond acceptors (Lipinski definition) is 2. The summed E-state index contributed by atoms with van der Waals surface area (Å²) in [5.41, 5.74) is 0.279. The molecule has 0 aromatic carbocycles. The van der Waals surface area contributed by atoms with Gasteiger partial charge in [0.15, 0.2) is 0 Å². The highest BCUT2D eigenvalue weighted by molar-refractivity contribution is 4.97. The smallest absolute Gasteiger partial charge is 0.0737 e. The molecule has 0 aromatic rings. The molecule has 1 unspecified atom stereocenters. The number of hydrogen-bond donors (Lipinski definition) is 0. The lowest BCUT2D eigenvalue weighted by Gasteiger charge is -2.54. The first-order valence-corrected chi connectivity index (χ1v) is 8.30. The van der Waals surface area contributed by atoms with Crippen molar-refractivity contribution in [1.29, 1.82) is 0 Å². The molecule has 2 nitrogen and oxygen atoms in total. The molecule has 1 aliphatic carbocycles. The molecule has 0 heterocycles. The monoisotopic (exact) mass is 283 g/mol. The van der Waals surface area contributed by atoms with Crippen LogP contribution < -0.4 is 0 Å². The largest absolute Gasteiger partial charge is 0.371 e. The zero-order chi connectivity index (χ0) is 15.8. The summed E-state index contributed by atoms with van der Waals surface area (Å²) in [4.78, 5) is 2.69. The third-order valence-electron chi connectivity index (χ3n) is 3.95. The van der Waals surface area contributed by atoms with Gasteiger partial charge in [0.05, 0.1) is 11.7 Å². The molecule has 0 radical (unpaired) electrons. The van der Waals surface area contributed by atoms with E-state index < -0.39 is 0 Å². The molecular weight excluding hydrogens is 246 g/mol. The van der Waals surface area contributed by atoms with Gasteiger partial charge >= 0.3 is 0 Å². The van der Waals surface area contributed by atoms with Gasteiger partial charge in [-0.1, -0.05) is 12.8 Å². The predicted octanol–water partition coefficient (Wildman–Crippen LogP) is 5.01. The molecule has 0 spiro atoms. The maximum Gasteiger partial charge on any atom is 0.0737 e. The van der Waals surface area contributed by atoms with E-state index in [1.165, 1.54) is 25.7 Å². The lowest BCUT2D eigenvalue weighted by atomic mass is 9.84. The van der Waals surface area contributed by atoms with Crippen LogP contribution in [0, 0.1) is 0 Å². The summed E-state index contributed by atoms with van der Waals surface area (Å²) < 4.78 is 6.42. The molecule has 1 rings (SSSR count). The van der Waals surface area contributed by atoms with Crippen LogP contribution in [-0.4, -0.2) is 33.7 Å². The number of rotatable bonds is 2. The molecular formula is C18H37NO. The first-order chi connectivity index (χ1) is 8.82. The van der Waals surface area contributed by atoms with E-state index in [9.17, 15) is 0 Å². The van der Waals surface area contributed by atoms with E-state index >= 15 is 0 Å². The average molecular weight is 284 g/mol. The standard InChI is InChI=1S/C18H37NO/c1-16(2,3)19(17(4,5)6)14-12-10-11-13-15(14)20-18(7,8)9/h14-15H,10-13H2,1-9H3/t14-,15?/m1/s1. The number of nitrogens with zero attached hydrogens (tertiary/aromatic N) is 1. The van der Waals surface area contributed by atoms with E-state index in [1.54, 1.807) is 0 Å². The lowest BCUT2D eigenvalue weighted by Crippen LogP contribution is -2.62. The zero-order valence-corrected chi connectivity index (χ0v) is 15.3. The maximum absolute atomic E-state index is 6.42. The van der Waals surface area contributed by atoms with Crippen molar-refractivity contribution in [3.63, 3.8) is 0 Å². The molecule has 0 amide bonds. The highest BCUT2D eigenvalue weighted by Crippen LogP contribution is 2.36. The predicted molar refractivity (Wildman–Crippen MR) is 88.2 cm³/mol. The highest BCUT2D eigenvalue weighted by Gasteiger charge is 2.42. The van der Waals surface area contributed by atoms with E-state index in [0.29, 0.717) is 12.1 Å². The van der Waals surface area contributed by atoms with Gasteiger partial charge in [-0.15, -0.1) is 0 Å². The summed E-state index contributed by atoms with van der Waals surface area (Å²) in [7, 11) is 0. The lowest BCUT2D eigenvalue weighted by molar-refractivity contribution is -0.141. The van der Waals surface area contributed by atoms with Crippen molar-refractivity contribution in [2.24, 2.45) is 0 Å². The van der Waals surface area contributed by atoms with Crippen molar-refractivity contribution in [3.05, 3.63) is 0 Å². The topological polar surface area (TPSA) is 12.5 Å². The highest BCUT2D eigenvalue weighted by atomic mass is 16.5. The van der Waals surface area contributed by atoms with Crippen LogP contribution in [0.5, 0.6) is 0 Å². The Labute approximate surface area is 127 Å². The molecule has 0 aliphatic heterocycles. The van der Waals surface area contributed by atoms with Crippen molar-refractivity contribution < 1.29 is 4.74 Å². The first kappa shape index (κ1) is 18.0. The van der Waals surface area contributed by atoms with Crippen molar-refractivity contribution >= 4 is 0 Å². The summed E-state index contributed by atoms with van der Waals surface area (Å²) in [6, 6.07) is 0.531. The fourth-order valence-corrected chi connectivity index (χ4v) is 3.97. The van der Waals surface area contributed by atoms with Crippen molar-refractivity contribution in [3.8, 4) is 0 Å². The minimum Gasteiger partial charge on any atom is -0.371 e. The summed E-state index contributed by atoms with van der Waals surface area (Å²) in [5.74, 6) is 0. The van der Waals surface area contributed by atoms with Crippen LogP contribution in [0.3, 0.4) is 0 Å². The molecule has 1 aliphatic rings. The van der Waals surface area contributed by atoms with Gasteiger partial charge in [-0.05, 0) is 75.2 Å². The van der Waals surface area contributed by atoms with E-state index in [1.807, 2.05) is 0 Å². The van der Waals surface area contributed by atoms with Gasteiger partial charge in [-0.3, -0.25) is 4.90 Å². The van der Waals surface area contributed by atoms with E-state index in [0.717, 1.165) is 0 Å². The minimum atomic E-state index is -0.0539. The van der Waals surface area contributed by atoms with Crippen molar-refractivity contribution in [2.75, 3.05) is 0 Å².